The Bertz CT molecular complexity index is 561. The molecule has 0 unspecified atom stereocenters. The van der Waals surface area contributed by atoms with Gasteiger partial charge < -0.3 is 0 Å². The topological polar surface area (TPSA) is 17.1 Å². The predicted octanol–water partition coefficient (Wildman–Crippen LogP) is 4.33. The van der Waals surface area contributed by atoms with Gasteiger partial charge in [0.15, 0.2) is 5.78 Å². The van der Waals surface area contributed by atoms with Crippen LogP contribution in [0, 0.1) is 0 Å². The molecule has 0 aliphatic carbocycles. The first-order valence-electron chi connectivity index (χ1n) is 6.06. The molecule has 0 spiro atoms. The fraction of sp³-hybridized carbons (Fsp3) is 0.188. The van der Waals surface area contributed by atoms with Gasteiger partial charge in [-0.25, -0.2) is 0 Å². The van der Waals surface area contributed by atoms with Gasteiger partial charge in [-0.1, -0.05) is 54.9 Å². The van der Waals surface area contributed by atoms with Gasteiger partial charge in [-0.3, -0.25) is 4.79 Å². The molecular weight excluding hydrogens is 244 g/mol. The molecule has 0 atom stereocenters. The van der Waals surface area contributed by atoms with E-state index < -0.39 is 0 Å². The quantitative estimate of drug-likeness (QED) is 0.746. The van der Waals surface area contributed by atoms with Crippen molar-refractivity contribution in [3.8, 4) is 0 Å². The van der Waals surface area contributed by atoms with Crippen LogP contribution in [0.1, 0.15) is 28.4 Å². The van der Waals surface area contributed by atoms with Crippen LogP contribution in [0.4, 0.5) is 0 Å². The monoisotopic (exact) mass is 258 g/mol. The van der Waals surface area contributed by atoms with E-state index in [4.69, 9.17) is 11.6 Å². The van der Waals surface area contributed by atoms with Gasteiger partial charge in [0.1, 0.15) is 0 Å². The number of carbonyl (C=O) groups is 1. The van der Waals surface area contributed by atoms with Gasteiger partial charge in [-0.05, 0) is 29.7 Å². The smallest absolute Gasteiger partial charge is 0.167 e. The molecule has 0 heterocycles. The lowest BCUT2D eigenvalue weighted by molar-refractivity contribution is 0.0992. The maximum absolute atomic E-state index is 12.3. The summed E-state index contributed by atoms with van der Waals surface area (Å²) in [5, 5.41) is 0.670. The summed E-state index contributed by atoms with van der Waals surface area (Å²) in [6, 6.07) is 15.2. The third kappa shape index (κ3) is 2.99. The third-order valence-corrected chi connectivity index (χ3v) is 3.19. The molecule has 0 saturated heterocycles. The highest BCUT2D eigenvalue weighted by Gasteiger charge is 2.10. The summed E-state index contributed by atoms with van der Waals surface area (Å²) in [7, 11) is 0. The van der Waals surface area contributed by atoms with Crippen molar-refractivity contribution in [3.05, 3.63) is 70.2 Å². The zero-order chi connectivity index (χ0) is 13.0. The van der Waals surface area contributed by atoms with Crippen molar-refractivity contribution < 1.29 is 4.79 Å². The van der Waals surface area contributed by atoms with Crippen molar-refractivity contribution >= 4 is 17.4 Å². The molecule has 0 amide bonds. The van der Waals surface area contributed by atoms with Gasteiger partial charge in [0.25, 0.3) is 0 Å². The number of rotatable bonds is 4. The Morgan fingerprint density at radius 1 is 1.11 bits per heavy atom. The lowest BCUT2D eigenvalue weighted by atomic mass is 9.97. The van der Waals surface area contributed by atoms with Crippen LogP contribution in [0.2, 0.25) is 5.02 Å². The van der Waals surface area contributed by atoms with Gasteiger partial charge >= 0.3 is 0 Å². The van der Waals surface area contributed by atoms with Crippen molar-refractivity contribution in [1.82, 2.24) is 0 Å². The molecule has 92 valence electrons. The van der Waals surface area contributed by atoms with Gasteiger partial charge in [0.2, 0.25) is 0 Å². The summed E-state index contributed by atoms with van der Waals surface area (Å²) >= 11 is 5.92. The second-order valence-electron chi connectivity index (χ2n) is 4.24. The minimum absolute atomic E-state index is 0.148. The van der Waals surface area contributed by atoms with Crippen LogP contribution in [0.3, 0.4) is 0 Å². The third-order valence-electron chi connectivity index (χ3n) is 2.95. The number of aryl methyl sites for hydroxylation is 1. The molecule has 0 N–H and O–H groups in total. The average Bonchev–Trinajstić information content (AvgIpc) is 2.38. The molecule has 0 aliphatic heterocycles. The van der Waals surface area contributed by atoms with Crippen LogP contribution in [0.15, 0.2) is 48.5 Å². The number of carbonyl (C=O) groups excluding carboxylic acids is 1. The molecule has 0 aromatic heterocycles. The Kier molecular flexibility index (Phi) is 4.16. The zero-order valence-corrected chi connectivity index (χ0v) is 11.1. The highest BCUT2D eigenvalue weighted by Crippen LogP contribution is 2.16. The number of benzene rings is 2. The van der Waals surface area contributed by atoms with Crippen LogP contribution in [0.25, 0.3) is 0 Å². The first-order valence-corrected chi connectivity index (χ1v) is 6.44. The van der Waals surface area contributed by atoms with Crippen molar-refractivity contribution in [1.29, 1.82) is 0 Å². The fourth-order valence-corrected chi connectivity index (χ4v) is 2.24. The average molecular weight is 259 g/mol. The predicted molar refractivity (Wildman–Crippen MR) is 75.3 cm³/mol. The number of hydrogen-bond donors (Lipinski definition) is 0. The summed E-state index contributed by atoms with van der Waals surface area (Å²) in [4.78, 5) is 12.3. The van der Waals surface area contributed by atoms with E-state index in [0.29, 0.717) is 11.4 Å². The second kappa shape index (κ2) is 5.83. The first-order chi connectivity index (χ1) is 8.70. The highest BCUT2D eigenvalue weighted by atomic mass is 35.5. The molecule has 1 nitrogen and oxygen atoms in total. The molecule has 2 aromatic carbocycles. The summed E-state index contributed by atoms with van der Waals surface area (Å²) in [6.45, 7) is 2.06. The Balaban J connectivity index is 2.22. The zero-order valence-electron chi connectivity index (χ0n) is 10.3. The molecular formula is C16H15ClO. The fourth-order valence-electron chi connectivity index (χ4n) is 2.03. The Hall–Kier alpha value is -1.60. The second-order valence-corrected chi connectivity index (χ2v) is 4.68. The van der Waals surface area contributed by atoms with Crippen LogP contribution in [-0.2, 0) is 12.8 Å². The SMILES string of the molecule is CCc1ccccc1C(=O)Cc1cccc(Cl)c1. The summed E-state index contributed by atoms with van der Waals surface area (Å²) in [5.41, 5.74) is 2.88. The molecule has 0 fully saturated rings. The van der Waals surface area contributed by atoms with E-state index in [-0.39, 0.29) is 5.78 Å². The highest BCUT2D eigenvalue weighted by molar-refractivity contribution is 6.30. The Morgan fingerprint density at radius 2 is 1.89 bits per heavy atom. The molecule has 2 heteroatoms. The normalized spacial score (nSPS) is 10.3. The van der Waals surface area contributed by atoms with Crippen molar-refractivity contribution in [2.24, 2.45) is 0 Å². The van der Waals surface area contributed by atoms with Crippen LogP contribution < -0.4 is 0 Å². The Labute approximate surface area is 112 Å². The number of hydrogen-bond acceptors (Lipinski definition) is 1. The van der Waals surface area contributed by atoms with E-state index in [1.165, 1.54) is 0 Å². The van der Waals surface area contributed by atoms with E-state index >= 15 is 0 Å². The minimum atomic E-state index is 0.148. The number of ketones is 1. The van der Waals surface area contributed by atoms with E-state index in [0.717, 1.165) is 23.1 Å². The molecule has 18 heavy (non-hydrogen) atoms. The van der Waals surface area contributed by atoms with E-state index in [2.05, 4.69) is 6.92 Å². The van der Waals surface area contributed by atoms with Crippen LogP contribution >= 0.6 is 11.6 Å². The lowest BCUT2D eigenvalue weighted by Gasteiger charge is -2.07. The maximum atomic E-state index is 12.3. The standard InChI is InChI=1S/C16H15ClO/c1-2-13-7-3-4-9-15(13)16(18)11-12-6-5-8-14(17)10-12/h3-10H,2,11H2,1H3. The van der Waals surface area contributed by atoms with Gasteiger partial charge in [-0.2, -0.15) is 0 Å². The molecule has 0 aliphatic rings. The molecule has 0 radical (unpaired) electrons. The van der Waals surface area contributed by atoms with Crippen molar-refractivity contribution in [2.75, 3.05) is 0 Å². The van der Waals surface area contributed by atoms with Gasteiger partial charge in [0, 0.05) is 17.0 Å². The van der Waals surface area contributed by atoms with Crippen LogP contribution in [-0.4, -0.2) is 5.78 Å². The summed E-state index contributed by atoms with van der Waals surface area (Å²) in [6.07, 6.45) is 1.27. The molecule has 2 aromatic rings. The summed E-state index contributed by atoms with van der Waals surface area (Å²) in [5.74, 6) is 0.148. The molecule has 0 bridgehead atoms. The molecule has 0 saturated carbocycles. The van der Waals surface area contributed by atoms with Gasteiger partial charge in [-0.15, -0.1) is 0 Å². The largest absolute Gasteiger partial charge is 0.294 e. The molecule has 2 rings (SSSR count). The minimum Gasteiger partial charge on any atom is -0.294 e. The van der Waals surface area contributed by atoms with E-state index in [9.17, 15) is 4.79 Å². The van der Waals surface area contributed by atoms with Gasteiger partial charge in [0.05, 0.1) is 0 Å². The maximum Gasteiger partial charge on any atom is 0.167 e. The lowest BCUT2D eigenvalue weighted by Crippen LogP contribution is -2.06. The number of halogens is 1. The Morgan fingerprint density at radius 3 is 2.61 bits per heavy atom. The van der Waals surface area contributed by atoms with E-state index in [1.54, 1.807) is 0 Å². The number of Topliss-reactive ketones (excluding diaryl/α,β-unsaturated/α-hetero) is 1. The van der Waals surface area contributed by atoms with Crippen molar-refractivity contribution in [3.63, 3.8) is 0 Å². The summed E-state index contributed by atoms with van der Waals surface area (Å²) < 4.78 is 0. The van der Waals surface area contributed by atoms with Crippen molar-refractivity contribution in [2.45, 2.75) is 19.8 Å². The first kappa shape index (κ1) is 12.8. The van der Waals surface area contributed by atoms with Crippen LogP contribution in [0.5, 0.6) is 0 Å². The van der Waals surface area contributed by atoms with E-state index in [1.807, 2.05) is 48.5 Å².